The third-order valence-electron chi connectivity index (χ3n) is 8.45. The number of ether oxygens (including phenoxy) is 2. The molecule has 292 valence electrons. The van der Waals surface area contributed by atoms with Gasteiger partial charge in [-0.3, -0.25) is 24.6 Å². The van der Waals surface area contributed by atoms with E-state index in [4.69, 9.17) is 26.4 Å². The third-order valence-corrected chi connectivity index (χ3v) is 9.35. The fraction of sp³-hybridized carbons (Fsp3) is 0.553. The molecule has 2 aromatic carbocycles. The molecule has 2 aromatic rings. The average molecular weight is 755 g/mol. The zero-order valence-corrected chi connectivity index (χ0v) is 32.6. The normalized spacial score (nSPS) is 14.1. The number of nitrogens with zero attached hydrogens (tertiary/aromatic N) is 2. The van der Waals surface area contributed by atoms with Crippen molar-refractivity contribution in [3.8, 4) is 0 Å². The van der Waals surface area contributed by atoms with E-state index in [1.807, 2.05) is 58.9 Å². The number of nitrogens with one attached hydrogen (secondary N) is 4. The second-order valence-electron chi connectivity index (χ2n) is 14.6. The summed E-state index contributed by atoms with van der Waals surface area (Å²) < 4.78 is 14.9. The SMILES string of the molecule is CC(C)(C)OCCOC(C)(C)CCNC(=O)CCC(=O)N1CCN(C(=O)[C@H](Cc2cccc(C(=N)N)c2)NSc2cccc(NC(=O)CCN)c2)CC1. The largest absolute Gasteiger partial charge is 0.384 e. The molecular formula is C38H58N8O6S. The fourth-order valence-electron chi connectivity index (χ4n) is 5.52. The second-order valence-corrected chi connectivity index (χ2v) is 15.5. The Morgan fingerprint density at radius 3 is 2.25 bits per heavy atom. The third kappa shape index (κ3) is 16.3. The second kappa shape index (κ2) is 21.0. The van der Waals surface area contributed by atoms with Gasteiger partial charge >= 0.3 is 0 Å². The molecule has 1 fully saturated rings. The number of nitrogens with two attached hydrogens (primary N) is 2. The van der Waals surface area contributed by atoms with Crippen LogP contribution >= 0.6 is 11.9 Å². The number of amidine groups is 1. The Labute approximate surface area is 318 Å². The van der Waals surface area contributed by atoms with Gasteiger partial charge < -0.3 is 41.4 Å². The number of rotatable bonds is 20. The summed E-state index contributed by atoms with van der Waals surface area (Å²) in [6, 6.07) is 13.9. The Morgan fingerprint density at radius 2 is 1.57 bits per heavy atom. The molecule has 0 bridgehead atoms. The maximum atomic E-state index is 13.9. The minimum atomic E-state index is -0.643. The molecule has 1 heterocycles. The molecule has 0 saturated carbocycles. The predicted octanol–water partition coefficient (Wildman–Crippen LogP) is 3.03. The van der Waals surface area contributed by atoms with Gasteiger partial charge in [0, 0.05) is 74.7 Å². The van der Waals surface area contributed by atoms with E-state index in [1.165, 1.54) is 11.9 Å². The Morgan fingerprint density at radius 1 is 0.887 bits per heavy atom. The zero-order chi connectivity index (χ0) is 39.0. The number of benzene rings is 2. The van der Waals surface area contributed by atoms with Crippen molar-refractivity contribution in [1.29, 1.82) is 5.41 Å². The monoisotopic (exact) mass is 754 g/mol. The standard InChI is InChI=1S/C38H58N8O6S/c1-37(2,3)51-22-23-52-38(4,5)15-17-42-32(47)12-13-34(49)45-18-20-46(21-19-45)36(50)31(25-27-8-6-9-28(24-27)35(40)41)44-53-30-11-7-10-29(26-30)43-33(48)14-16-39/h6-11,24,26,31,44H,12-23,25,39H2,1-5H3,(H3,40,41)(H,42,47)(H,43,48)/t31-/m0/s1. The molecule has 4 amide bonds. The summed E-state index contributed by atoms with van der Waals surface area (Å²) in [5.41, 5.74) is 12.6. The summed E-state index contributed by atoms with van der Waals surface area (Å²) in [5.74, 6) is -0.683. The highest BCUT2D eigenvalue weighted by atomic mass is 32.2. The lowest BCUT2D eigenvalue weighted by Gasteiger charge is -2.36. The number of carbonyl (C=O) groups excluding carboxylic acids is 4. The lowest BCUT2D eigenvalue weighted by Crippen LogP contribution is -2.55. The topological polar surface area (TPSA) is 205 Å². The maximum absolute atomic E-state index is 13.9. The number of hydrogen-bond donors (Lipinski definition) is 6. The molecule has 8 N–H and O–H groups in total. The molecule has 1 aliphatic heterocycles. The van der Waals surface area contributed by atoms with Crippen LogP contribution in [0.5, 0.6) is 0 Å². The van der Waals surface area contributed by atoms with Gasteiger partial charge in [0.05, 0.1) is 24.4 Å². The van der Waals surface area contributed by atoms with Crippen molar-refractivity contribution >= 4 is 47.1 Å². The van der Waals surface area contributed by atoms with E-state index >= 15 is 0 Å². The Kier molecular flexibility index (Phi) is 17.2. The zero-order valence-electron chi connectivity index (χ0n) is 31.8. The van der Waals surface area contributed by atoms with Gasteiger partial charge in [0.25, 0.3) is 0 Å². The van der Waals surface area contributed by atoms with Crippen molar-refractivity contribution in [3.05, 3.63) is 59.7 Å². The molecule has 3 rings (SSSR count). The molecule has 1 saturated heterocycles. The van der Waals surface area contributed by atoms with Crippen LogP contribution in [-0.2, 0) is 35.1 Å². The summed E-state index contributed by atoms with van der Waals surface area (Å²) in [7, 11) is 0. The van der Waals surface area contributed by atoms with Crippen molar-refractivity contribution in [1.82, 2.24) is 19.8 Å². The van der Waals surface area contributed by atoms with Gasteiger partial charge in [-0.25, -0.2) is 4.72 Å². The molecule has 0 aromatic heterocycles. The Hall–Kier alpha value is -4.02. The molecule has 14 nitrogen and oxygen atoms in total. The van der Waals surface area contributed by atoms with Crippen LogP contribution in [0.25, 0.3) is 0 Å². The number of carbonyl (C=O) groups is 4. The quantitative estimate of drug-likeness (QED) is 0.0505. The van der Waals surface area contributed by atoms with Gasteiger partial charge in [0.1, 0.15) is 11.9 Å². The fourth-order valence-corrected chi connectivity index (χ4v) is 6.31. The van der Waals surface area contributed by atoms with Gasteiger partial charge in [-0.15, -0.1) is 0 Å². The number of hydrogen-bond acceptors (Lipinski definition) is 10. The molecular weight excluding hydrogens is 697 g/mol. The average Bonchev–Trinajstić information content (AvgIpc) is 3.10. The van der Waals surface area contributed by atoms with E-state index in [0.717, 1.165) is 10.5 Å². The minimum absolute atomic E-state index is 0.0595. The van der Waals surface area contributed by atoms with Gasteiger partial charge in [0.15, 0.2) is 0 Å². The van der Waals surface area contributed by atoms with Gasteiger partial charge in [-0.05, 0) is 89.2 Å². The Bertz CT molecular complexity index is 1540. The number of piperazine rings is 1. The van der Waals surface area contributed by atoms with Crippen molar-refractivity contribution < 1.29 is 28.7 Å². The first-order chi connectivity index (χ1) is 25.0. The van der Waals surface area contributed by atoms with E-state index < -0.39 is 11.6 Å². The summed E-state index contributed by atoms with van der Waals surface area (Å²) >= 11 is 1.28. The van der Waals surface area contributed by atoms with Gasteiger partial charge in [0.2, 0.25) is 23.6 Å². The summed E-state index contributed by atoms with van der Waals surface area (Å²) in [4.78, 5) is 55.8. The van der Waals surface area contributed by atoms with Crippen LogP contribution < -0.4 is 26.8 Å². The van der Waals surface area contributed by atoms with Crippen molar-refractivity contribution in [3.63, 3.8) is 0 Å². The van der Waals surface area contributed by atoms with Crippen LogP contribution in [0.2, 0.25) is 0 Å². The van der Waals surface area contributed by atoms with Crippen molar-refractivity contribution in [2.45, 2.75) is 88.9 Å². The number of amides is 4. The van der Waals surface area contributed by atoms with Crippen LogP contribution in [0, 0.1) is 5.41 Å². The first-order valence-electron chi connectivity index (χ1n) is 18.1. The van der Waals surface area contributed by atoms with Gasteiger partial charge in [-0.2, -0.15) is 0 Å². The smallest absolute Gasteiger partial charge is 0.241 e. The number of anilines is 1. The molecule has 1 atom stereocenters. The van der Waals surface area contributed by atoms with Crippen molar-refractivity contribution in [2.75, 3.05) is 57.8 Å². The minimum Gasteiger partial charge on any atom is -0.384 e. The molecule has 0 radical (unpaired) electrons. The van der Waals surface area contributed by atoms with Crippen LogP contribution in [0.4, 0.5) is 5.69 Å². The maximum Gasteiger partial charge on any atom is 0.241 e. The lowest BCUT2D eigenvalue weighted by molar-refractivity contribution is -0.141. The van der Waals surface area contributed by atoms with Crippen LogP contribution in [0.1, 0.15) is 71.4 Å². The highest BCUT2D eigenvalue weighted by molar-refractivity contribution is 7.97. The number of nitrogen functional groups attached to an aromatic ring is 1. The molecule has 15 heteroatoms. The van der Waals surface area contributed by atoms with Crippen LogP contribution in [0.3, 0.4) is 0 Å². The summed E-state index contributed by atoms with van der Waals surface area (Å²) in [6.07, 6.45) is 1.34. The van der Waals surface area contributed by atoms with E-state index in [0.29, 0.717) is 70.0 Å². The van der Waals surface area contributed by atoms with Crippen molar-refractivity contribution in [2.24, 2.45) is 11.5 Å². The molecule has 53 heavy (non-hydrogen) atoms. The van der Waals surface area contributed by atoms with E-state index in [-0.39, 0.29) is 60.9 Å². The predicted molar refractivity (Wildman–Crippen MR) is 208 cm³/mol. The van der Waals surface area contributed by atoms with E-state index in [2.05, 4.69) is 15.4 Å². The molecule has 1 aliphatic rings. The van der Waals surface area contributed by atoms with E-state index in [1.54, 1.807) is 34.1 Å². The Balaban J connectivity index is 1.51. The molecule has 0 unspecified atom stereocenters. The summed E-state index contributed by atoms with van der Waals surface area (Å²) in [5, 5.41) is 13.5. The first-order valence-corrected chi connectivity index (χ1v) is 18.9. The summed E-state index contributed by atoms with van der Waals surface area (Å²) in [6.45, 7) is 13.0. The van der Waals surface area contributed by atoms with E-state index in [9.17, 15) is 19.2 Å². The lowest BCUT2D eigenvalue weighted by atomic mass is 10.0. The highest BCUT2D eigenvalue weighted by Crippen LogP contribution is 2.22. The van der Waals surface area contributed by atoms with Gasteiger partial charge in [-0.1, -0.05) is 24.3 Å². The molecule has 0 spiro atoms. The van der Waals surface area contributed by atoms with Crippen LogP contribution in [-0.4, -0.2) is 109 Å². The van der Waals surface area contributed by atoms with Crippen LogP contribution in [0.15, 0.2) is 53.4 Å². The molecule has 0 aliphatic carbocycles. The highest BCUT2D eigenvalue weighted by Gasteiger charge is 2.30. The first kappa shape index (κ1) is 43.4.